The first-order chi connectivity index (χ1) is 8.11. The Hall–Kier alpha value is -2.23. The topological polar surface area (TPSA) is 49.7 Å². The van der Waals surface area contributed by atoms with Gasteiger partial charge in [-0.1, -0.05) is 6.07 Å². The number of rotatable bonds is 2. The molecule has 2 aromatic rings. The number of ether oxygens (including phenoxy) is 1. The summed E-state index contributed by atoms with van der Waals surface area (Å²) in [6.45, 7) is 0. The molecule has 0 saturated carbocycles. The third-order valence-corrected chi connectivity index (χ3v) is 2.45. The Balaban J connectivity index is 2.56. The standard InChI is InChI=1S/C13H11FO3/c1-17-13-6-8(2-4-12(13)16)10-7-9(14)3-5-11(10)15/h2-7,15-16H,1H3. The molecule has 0 saturated heterocycles. The Morgan fingerprint density at radius 1 is 1.00 bits per heavy atom. The summed E-state index contributed by atoms with van der Waals surface area (Å²) in [6.07, 6.45) is 0. The van der Waals surface area contributed by atoms with E-state index in [4.69, 9.17) is 4.74 Å². The smallest absolute Gasteiger partial charge is 0.161 e. The van der Waals surface area contributed by atoms with Crippen LogP contribution < -0.4 is 4.74 Å². The third kappa shape index (κ3) is 2.15. The van der Waals surface area contributed by atoms with Crippen molar-refractivity contribution in [2.75, 3.05) is 7.11 Å². The van der Waals surface area contributed by atoms with E-state index in [9.17, 15) is 14.6 Å². The normalized spacial score (nSPS) is 10.2. The average molecular weight is 234 g/mol. The molecule has 0 radical (unpaired) electrons. The second kappa shape index (κ2) is 4.33. The van der Waals surface area contributed by atoms with Crippen LogP contribution in [0.2, 0.25) is 0 Å². The minimum absolute atomic E-state index is 0.00728. The van der Waals surface area contributed by atoms with E-state index in [0.717, 1.165) is 0 Å². The number of aromatic hydroxyl groups is 2. The molecule has 0 aliphatic carbocycles. The van der Waals surface area contributed by atoms with Gasteiger partial charge in [0.15, 0.2) is 11.5 Å². The quantitative estimate of drug-likeness (QED) is 0.839. The van der Waals surface area contributed by atoms with E-state index < -0.39 is 5.82 Å². The Labute approximate surface area is 97.7 Å². The zero-order chi connectivity index (χ0) is 12.4. The molecular weight excluding hydrogens is 223 g/mol. The minimum atomic E-state index is -0.440. The third-order valence-electron chi connectivity index (χ3n) is 2.45. The van der Waals surface area contributed by atoms with Gasteiger partial charge in [0.05, 0.1) is 7.11 Å². The van der Waals surface area contributed by atoms with Crippen LogP contribution >= 0.6 is 0 Å². The van der Waals surface area contributed by atoms with E-state index in [1.165, 1.54) is 37.4 Å². The average Bonchev–Trinajstić information content (AvgIpc) is 2.33. The first kappa shape index (κ1) is 11.3. The van der Waals surface area contributed by atoms with E-state index in [-0.39, 0.29) is 17.2 Å². The maximum absolute atomic E-state index is 13.1. The van der Waals surface area contributed by atoms with Crippen molar-refractivity contribution in [3.8, 4) is 28.4 Å². The van der Waals surface area contributed by atoms with Crippen molar-refractivity contribution < 1.29 is 19.3 Å². The number of hydrogen-bond donors (Lipinski definition) is 2. The molecule has 2 rings (SSSR count). The van der Waals surface area contributed by atoms with E-state index in [2.05, 4.69) is 0 Å². The molecule has 0 aliphatic heterocycles. The number of phenolic OH excluding ortho intramolecular Hbond substituents is 2. The summed E-state index contributed by atoms with van der Waals surface area (Å²) in [7, 11) is 1.42. The Morgan fingerprint density at radius 2 is 1.71 bits per heavy atom. The van der Waals surface area contributed by atoms with E-state index in [1.807, 2.05) is 0 Å². The van der Waals surface area contributed by atoms with Crippen LogP contribution in [0.15, 0.2) is 36.4 Å². The molecule has 0 heterocycles. The fourth-order valence-electron chi connectivity index (χ4n) is 1.58. The second-order valence-electron chi connectivity index (χ2n) is 3.55. The molecule has 4 heteroatoms. The first-order valence-electron chi connectivity index (χ1n) is 4.97. The summed E-state index contributed by atoms with van der Waals surface area (Å²) in [6, 6.07) is 8.22. The van der Waals surface area contributed by atoms with Crippen molar-refractivity contribution in [3.05, 3.63) is 42.2 Å². The van der Waals surface area contributed by atoms with Gasteiger partial charge in [0.1, 0.15) is 11.6 Å². The number of phenols is 2. The molecule has 2 N–H and O–H groups in total. The molecule has 0 atom stereocenters. The van der Waals surface area contributed by atoms with Gasteiger partial charge in [-0.2, -0.15) is 0 Å². The number of methoxy groups -OCH3 is 1. The Bertz CT molecular complexity index is 552. The van der Waals surface area contributed by atoms with E-state index in [0.29, 0.717) is 11.1 Å². The zero-order valence-corrected chi connectivity index (χ0v) is 9.14. The lowest BCUT2D eigenvalue weighted by atomic mass is 10.0. The maximum atomic E-state index is 13.1. The lowest BCUT2D eigenvalue weighted by Gasteiger charge is -2.08. The highest BCUT2D eigenvalue weighted by Crippen LogP contribution is 2.35. The molecule has 0 bridgehead atoms. The molecule has 0 fully saturated rings. The summed E-state index contributed by atoms with van der Waals surface area (Å²) in [5.41, 5.74) is 0.917. The summed E-state index contributed by atoms with van der Waals surface area (Å²) < 4.78 is 18.1. The second-order valence-corrected chi connectivity index (χ2v) is 3.55. The van der Waals surface area contributed by atoms with Crippen LogP contribution in [0, 0.1) is 5.82 Å². The van der Waals surface area contributed by atoms with E-state index in [1.54, 1.807) is 6.07 Å². The van der Waals surface area contributed by atoms with Crippen LogP contribution in [-0.2, 0) is 0 Å². The van der Waals surface area contributed by atoms with Crippen LogP contribution in [0.25, 0.3) is 11.1 Å². The summed E-state index contributed by atoms with van der Waals surface area (Å²) in [4.78, 5) is 0. The fraction of sp³-hybridized carbons (Fsp3) is 0.0769. The Kier molecular flexibility index (Phi) is 2.87. The summed E-state index contributed by atoms with van der Waals surface area (Å²) in [5, 5.41) is 19.1. The van der Waals surface area contributed by atoms with Gasteiger partial charge in [0.25, 0.3) is 0 Å². The molecule has 0 amide bonds. The van der Waals surface area contributed by atoms with Gasteiger partial charge in [0.2, 0.25) is 0 Å². The van der Waals surface area contributed by atoms with Crippen LogP contribution in [0.3, 0.4) is 0 Å². The largest absolute Gasteiger partial charge is 0.507 e. The number of hydrogen-bond acceptors (Lipinski definition) is 3. The van der Waals surface area contributed by atoms with Gasteiger partial charge < -0.3 is 14.9 Å². The zero-order valence-electron chi connectivity index (χ0n) is 9.14. The molecule has 0 unspecified atom stereocenters. The van der Waals surface area contributed by atoms with Crippen molar-refractivity contribution in [2.45, 2.75) is 0 Å². The van der Waals surface area contributed by atoms with Crippen molar-refractivity contribution >= 4 is 0 Å². The fourth-order valence-corrected chi connectivity index (χ4v) is 1.58. The van der Waals surface area contributed by atoms with Gasteiger partial charge in [-0.25, -0.2) is 4.39 Å². The molecule has 0 aliphatic rings. The molecule has 88 valence electrons. The molecule has 3 nitrogen and oxygen atoms in total. The summed E-state index contributed by atoms with van der Waals surface area (Å²) in [5.74, 6) is -0.206. The monoisotopic (exact) mass is 234 g/mol. The van der Waals surface area contributed by atoms with Crippen LogP contribution in [-0.4, -0.2) is 17.3 Å². The van der Waals surface area contributed by atoms with Crippen molar-refractivity contribution in [3.63, 3.8) is 0 Å². The van der Waals surface area contributed by atoms with Gasteiger partial charge in [-0.3, -0.25) is 0 Å². The molecule has 0 spiro atoms. The van der Waals surface area contributed by atoms with Gasteiger partial charge in [0, 0.05) is 5.56 Å². The van der Waals surface area contributed by atoms with E-state index >= 15 is 0 Å². The highest BCUT2D eigenvalue weighted by Gasteiger charge is 2.09. The van der Waals surface area contributed by atoms with Crippen LogP contribution in [0.4, 0.5) is 4.39 Å². The first-order valence-corrected chi connectivity index (χ1v) is 4.97. The lowest BCUT2D eigenvalue weighted by Crippen LogP contribution is -1.86. The Morgan fingerprint density at radius 3 is 2.41 bits per heavy atom. The van der Waals surface area contributed by atoms with Crippen molar-refractivity contribution in [2.24, 2.45) is 0 Å². The van der Waals surface area contributed by atoms with Gasteiger partial charge >= 0.3 is 0 Å². The van der Waals surface area contributed by atoms with Crippen LogP contribution in [0.5, 0.6) is 17.2 Å². The van der Waals surface area contributed by atoms with Gasteiger partial charge in [-0.15, -0.1) is 0 Å². The predicted octanol–water partition coefficient (Wildman–Crippen LogP) is 2.91. The minimum Gasteiger partial charge on any atom is -0.507 e. The highest BCUT2D eigenvalue weighted by atomic mass is 19.1. The van der Waals surface area contributed by atoms with Gasteiger partial charge in [-0.05, 0) is 35.9 Å². The molecule has 0 aromatic heterocycles. The SMILES string of the molecule is COc1cc(-c2cc(F)ccc2O)ccc1O. The number of benzene rings is 2. The molecular formula is C13H11FO3. The lowest BCUT2D eigenvalue weighted by molar-refractivity contribution is 0.373. The van der Waals surface area contributed by atoms with Crippen molar-refractivity contribution in [1.29, 1.82) is 0 Å². The highest BCUT2D eigenvalue weighted by molar-refractivity contribution is 5.72. The van der Waals surface area contributed by atoms with Crippen LogP contribution in [0.1, 0.15) is 0 Å². The maximum Gasteiger partial charge on any atom is 0.161 e. The molecule has 17 heavy (non-hydrogen) atoms. The number of halogens is 1. The summed E-state index contributed by atoms with van der Waals surface area (Å²) >= 11 is 0. The van der Waals surface area contributed by atoms with Crippen molar-refractivity contribution in [1.82, 2.24) is 0 Å². The predicted molar refractivity (Wildman–Crippen MR) is 61.7 cm³/mol. The molecule has 2 aromatic carbocycles.